The van der Waals surface area contributed by atoms with E-state index in [0.29, 0.717) is 19.0 Å². The largest absolute Gasteiger partial charge is 0.361 e. The van der Waals surface area contributed by atoms with E-state index in [-0.39, 0.29) is 5.75 Å². The molecule has 2 heterocycles. The van der Waals surface area contributed by atoms with Crippen molar-refractivity contribution in [3.05, 3.63) is 36.0 Å². The Hall–Kier alpha value is -1.37. The third-order valence-corrected chi connectivity index (χ3v) is 6.41. The first-order chi connectivity index (χ1) is 10.9. The van der Waals surface area contributed by atoms with Crippen LogP contribution >= 0.6 is 0 Å². The number of nitrogens with zero attached hydrogens (tertiary/aromatic N) is 2. The summed E-state index contributed by atoms with van der Waals surface area (Å²) in [5.74, 6) is 0.577. The van der Waals surface area contributed by atoms with Gasteiger partial charge in [-0.1, -0.05) is 6.07 Å². The third-order valence-electron chi connectivity index (χ3n) is 4.59. The molecule has 1 aromatic heterocycles. The van der Waals surface area contributed by atoms with E-state index in [9.17, 15) is 8.42 Å². The van der Waals surface area contributed by atoms with Crippen LogP contribution < -0.4 is 0 Å². The van der Waals surface area contributed by atoms with Gasteiger partial charge in [-0.15, -0.1) is 0 Å². The molecule has 1 fully saturated rings. The van der Waals surface area contributed by atoms with Crippen molar-refractivity contribution in [3.8, 4) is 0 Å². The van der Waals surface area contributed by atoms with E-state index >= 15 is 0 Å². The molecule has 126 valence electrons. The molecule has 1 saturated heterocycles. The fraction of sp³-hybridized carbons (Fsp3) is 0.529. The molecule has 23 heavy (non-hydrogen) atoms. The number of H-pyrrole nitrogens is 1. The molecule has 1 atom stereocenters. The van der Waals surface area contributed by atoms with Gasteiger partial charge in [-0.3, -0.25) is 0 Å². The van der Waals surface area contributed by atoms with Gasteiger partial charge >= 0.3 is 0 Å². The van der Waals surface area contributed by atoms with Crippen LogP contribution in [0.25, 0.3) is 10.9 Å². The number of aromatic amines is 1. The lowest BCUT2D eigenvalue weighted by Gasteiger charge is -2.17. The minimum absolute atomic E-state index is 0.0918. The second kappa shape index (κ2) is 6.63. The first-order valence-corrected chi connectivity index (χ1v) is 9.73. The number of nitrogens with one attached hydrogen (secondary N) is 1. The van der Waals surface area contributed by atoms with Gasteiger partial charge in [0, 0.05) is 24.8 Å². The smallest absolute Gasteiger partial charge is 0.218 e. The number of hydrogen-bond donors (Lipinski definition) is 1. The van der Waals surface area contributed by atoms with E-state index in [1.807, 2.05) is 30.5 Å². The van der Waals surface area contributed by atoms with Crippen LogP contribution in [0.4, 0.5) is 0 Å². The summed E-state index contributed by atoms with van der Waals surface area (Å²) in [6, 6.07) is 7.78. The molecule has 1 unspecified atom stereocenters. The zero-order valence-electron chi connectivity index (χ0n) is 13.8. The predicted molar refractivity (Wildman–Crippen MR) is 93.8 cm³/mol. The summed E-state index contributed by atoms with van der Waals surface area (Å²) in [6.45, 7) is 2.35. The Kier molecular flexibility index (Phi) is 4.75. The maximum Gasteiger partial charge on any atom is 0.218 e. The maximum atomic E-state index is 12.7. The first kappa shape index (κ1) is 16.5. The second-order valence-electron chi connectivity index (χ2n) is 6.76. The number of rotatable bonds is 6. The molecular formula is C17H25N3O2S. The van der Waals surface area contributed by atoms with Crippen LogP contribution in [0, 0.1) is 5.92 Å². The van der Waals surface area contributed by atoms with E-state index in [1.54, 1.807) is 4.31 Å². The SMILES string of the molecule is CN(C)CCC1CCN(S(=O)(=O)Cc2ccc3[nH]ccc3c2)C1. The first-order valence-electron chi connectivity index (χ1n) is 8.12. The van der Waals surface area contributed by atoms with Crippen LogP contribution in [0.5, 0.6) is 0 Å². The highest BCUT2D eigenvalue weighted by molar-refractivity contribution is 7.88. The molecule has 0 bridgehead atoms. The number of benzene rings is 1. The van der Waals surface area contributed by atoms with Gasteiger partial charge in [0.1, 0.15) is 0 Å². The Morgan fingerprint density at radius 3 is 2.91 bits per heavy atom. The molecule has 5 nitrogen and oxygen atoms in total. The van der Waals surface area contributed by atoms with E-state index in [1.165, 1.54) is 0 Å². The van der Waals surface area contributed by atoms with Crippen molar-refractivity contribution in [2.24, 2.45) is 5.92 Å². The van der Waals surface area contributed by atoms with Crippen molar-refractivity contribution in [1.82, 2.24) is 14.2 Å². The van der Waals surface area contributed by atoms with E-state index in [2.05, 4.69) is 24.0 Å². The van der Waals surface area contributed by atoms with Gasteiger partial charge in [-0.2, -0.15) is 0 Å². The molecule has 0 radical (unpaired) electrons. The molecule has 0 aliphatic carbocycles. The Bertz CT molecular complexity index is 767. The van der Waals surface area contributed by atoms with Crippen LogP contribution in [0.15, 0.2) is 30.5 Å². The molecule has 0 saturated carbocycles. The summed E-state index contributed by atoms with van der Waals surface area (Å²) in [4.78, 5) is 5.29. The minimum Gasteiger partial charge on any atom is -0.361 e. The molecule has 1 aliphatic heterocycles. The lowest BCUT2D eigenvalue weighted by atomic mass is 10.1. The predicted octanol–water partition coefficient (Wildman–Crippen LogP) is 2.27. The normalized spacial score (nSPS) is 19.9. The molecule has 1 aliphatic rings. The van der Waals surface area contributed by atoms with Crippen molar-refractivity contribution in [2.45, 2.75) is 18.6 Å². The quantitative estimate of drug-likeness (QED) is 0.881. The third kappa shape index (κ3) is 3.94. The monoisotopic (exact) mass is 335 g/mol. The zero-order chi connectivity index (χ0) is 16.4. The van der Waals surface area contributed by atoms with Gasteiger partial charge in [0.25, 0.3) is 0 Å². The summed E-state index contributed by atoms with van der Waals surface area (Å²) < 4.78 is 27.0. The van der Waals surface area contributed by atoms with E-state index in [0.717, 1.165) is 35.9 Å². The molecular weight excluding hydrogens is 310 g/mol. The molecule has 1 N–H and O–H groups in total. The van der Waals surface area contributed by atoms with Gasteiger partial charge in [0.2, 0.25) is 10.0 Å². The molecule has 0 amide bonds. The van der Waals surface area contributed by atoms with Gasteiger partial charge in [-0.25, -0.2) is 12.7 Å². The highest BCUT2D eigenvalue weighted by Gasteiger charge is 2.31. The van der Waals surface area contributed by atoms with Gasteiger partial charge < -0.3 is 9.88 Å². The van der Waals surface area contributed by atoms with Gasteiger partial charge in [0.05, 0.1) is 5.75 Å². The minimum atomic E-state index is -3.23. The molecule has 2 aromatic rings. The van der Waals surface area contributed by atoms with Crippen molar-refractivity contribution < 1.29 is 8.42 Å². The Labute approximate surface area is 138 Å². The standard InChI is InChI=1S/C17H25N3O2S/c1-19(2)9-6-14-7-10-20(12-14)23(21,22)13-15-3-4-17-16(11-15)5-8-18-17/h3-5,8,11,14,18H,6-7,9-10,12-13H2,1-2H3. The fourth-order valence-corrected chi connectivity index (χ4v) is 4.83. The van der Waals surface area contributed by atoms with Crippen molar-refractivity contribution >= 4 is 20.9 Å². The van der Waals surface area contributed by atoms with Crippen LogP contribution in [-0.2, 0) is 15.8 Å². The highest BCUT2D eigenvalue weighted by atomic mass is 32.2. The van der Waals surface area contributed by atoms with Crippen LogP contribution in [-0.4, -0.2) is 56.3 Å². The van der Waals surface area contributed by atoms with Crippen molar-refractivity contribution in [3.63, 3.8) is 0 Å². The topological polar surface area (TPSA) is 56.4 Å². The Balaban J connectivity index is 1.65. The summed E-state index contributed by atoms with van der Waals surface area (Å²) in [6.07, 6.45) is 3.91. The summed E-state index contributed by atoms with van der Waals surface area (Å²) in [5, 5.41) is 1.06. The zero-order valence-corrected chi connectivity index (χ0v) is 14.6. The van der Waals surface area contributed by atoms with E-state index < -0.39 is 10.0 Å². The number of fused-ring (bicyclic) bond motifs is 1. The van der Waals surface area contributed by atoms with Crippen LogP contribution in [0.1, 0.15) is 18.4 Å². The highest BCUT2D eigenvalue weighted by Crippen LogP contribution is 2.25. The maximum absolute atomic E-state index is 12.7. The summed E-state index contributed by atoms with van der Waals surface area (Å²) in [5.41, 5.74) is 1.89. The second-order valence-corrected chi connectivity index (χ2v) is 8.73. The Morgan fingerprint density at radius 2 is 2.13 bits per heavy atom. The van der Waals surface area contributed by atoms with Crippen molar-refractivity contribution in [2.75, 3.05) is 33.7 Å². The number of sulfonamides is 1. The van der Waals surface area contributed by atoms with Crippen molar-refractivity contribution in [1.29, 1.82) is 0 Å². The lowest BCUT2D eigenvalue weighted by Crippen LogP contribution is -2.30. The average molecular weight is 335 g/mol. The summed E-state index contributed by atoms with van der Waals surface area (Å²) >= 11 is 0. The fourth-order valence-electron chi connectivity index (χ4n) is 3.22. The molecule has 0 spiro atoms. The number of aromatic nitrogens is 1. The molecule has 6 heteroatoms. The molecule has 3 rings (SSSR count). The summed E-state index contributed by atoms with van der Waals surface area (Å²) in [7, 11) is 0.886. The Morgan fingerprint density at radius 1 is 1.30 bits per heavy atom. The van der Waals surface area contributed by atoms with Crippen LogP contribution in [0.2, 0.25) is 0 Å². The van der Waals surface area contributed by atoms with Gasteiger partial charge in [0.15, 0.2) is 0 Å². The number of hydrogen-bond acceptors (Lipinski definition) is 3. The van der Waals surface area contributed by atoms with Gasteiger partial charge in [-0.05, 0) is 68.5 Å². The van der Waals surface area contributed by atoms with E-state index in [4.69, 9.17) is 0 Å². The lowest BCUT2D eigenvalue weighted by molar-refractivity contribution is 0.352. The van der Waals surface area contributed by atoms with Crippen LogP contribution in [0.3, 0.4) is 0 Å². The molecule has 1 aromatic carbocycles. The average Bonchev–Trinajstić information content (AvgIpc) is 3.13.